The molecular weight excluding hydrogens is 250 g/mol. The van der Waals surface area contributed by atoms with Gasteiger partial charge >= 0.3 is 0 Å². The van der Waals surface area contributed by atoms with Gasteiger partial charge in [-0.15, -0.1) is 0 Å². The molecule has 1 aliphatic rings. The van der Waals surface area contributed by atoms with Crippen molar-refractivity contribution in [2.75, 3.05) is 26.2 Å². The number of carbonyl (C=O) groups excluding carboxylic acids is 1. The van der Waals surface area contributed by atoms with E-state index >= 15 is 0 Å². The third-order valence-corrected chi connectivity index (χ3v) is 3.83. The summed E-state index contributed by atoms with van der Waals surface area (Å²) in [4.78, 5) is 14.8. The van der Waals surface area contributed by atoms with Gasteiger partial charge < -0.3 is 4.74 Å². The van der Waals surface area contributed by atoms with Crippen LogP contribution in [0, 0.1) is 20.8 Å². The zero-order valence-electron chi connectivity index (χ0n) is 13.2. The van der Waals surface area contributed by atoms with E-state index in [0.717, 1.165) is 29.8 Å². The van der Waals surface area contributed by atoms with E-state index in [-0.39, 0.29) is 11.4 Å². The van der Waals surface area contributed by atoms with Gasteiger partial charge in [-0.1, -0.05) is 17.7 Å². The van der Waals surface area contributed by atoms with Gasteiger partial charge in [0.2, 0.25) is 0 Å². The van der Waals surface area contributed by atoms with Crippen LogP contribution in [-0.4, -0.2) is 42.5 Å². The Bertz CT molecular complexity index is 497. The largest absolute Gasteiger partial charge is 0.373 e. The summed E-state index contributed by atoms with van der Waals surface area (Å²) >= 11 is 0. The quantitative estimate of drug-likeness (QED) is 0.794. The Hall–Kier alpha value is -1.19. The number of benzene rings is 1. The fraction of sp³-hybridized carbons (Fsp3) is 0.588. The first-order valence-electron chi connectivity index (χ1n) is 7.26. The predicted octanol–water partition coefficient (Wildman–Crippen LogP) is 2.91. The summed E-state index contributed by atoms with van der Waals surface area (Å²) in [5.41, 5.74) is 4.11. The van der Waals surface area contributed by atoms with E-state index in [4.69, 9.17) is 4.74 Å². The van der Waals surface area contributed by atoms with Crippen molar-refractivity contribution in [2.45, 2.75) is 40.2 Å². The second-order valence-electron chi connectivity index (χ2n) is 6.52. The fourth-order valence-corrected chi connectivity index (χ4v) is 3.15. The van der Waals surface area contributed by atoms with E-state index in [0.29, 0.717) is 13.2 Å². The Labute approximate surface area is 121 Å². The standard InChI is InChI=1S/C17H25NO2/c1-12-8-13(2)16(14(3)9-12)15(19)10-18-6-7-20-17(4,5)11-18/h8-9H,6-7,10-11H2,1-5H3. The van der Waals surface area contributed by atoms with Gasteiger partial charge in [0.15, 0.2) is 5.78 Å². The lowest BCUT2D eigenvalue weighted by atomic mass is 9.96. The minimum atomic E-state index is -0.157. The van der Waals surface area contributed by atoms with Gasteiger partial charge in [-0.25, -0.2) is 0 Å². The highest BCUT2D eigenvalue weighted by Gasteiger charge is 2.28. The maximum absolute atomic E-state index is 12.6. The van der Waals surface area contributed by atoms with E-state index in [1.807, 2.05) is 13.8 Å². The first-order chi connectivity index (χ1) is 9.28. The molecule has 1 aliphatic heterocycles. The monoisotopic (exact) mass is 275 g/mol. The minimum absolute atomic E-state index is 0.157. The maximum atomic E-state index is 12.6. The molecule has 1 fully saturated rings. The van der Waals surface area contributed by atoms with Crippen LogP contribution in [0.3, 0.4) is 0 Å². The number of aryl methyl sites for hydroxylation is 3. The summed E-state index contributed by atoms with van der Waals surface area (Å²) in [6.45, 7) is 13.1. The molecule has 0 saturated carbocycles. The van der Waals surface area contributed by atoms with E-state index < -0.39 is 0 Å². The van der Waals surface area contributed by atoms with Crippen LogP contribution in [0.1, 0.15) is 40.9 Å². The molecule has 0 amide bonds. The van der Waals surface area contributed by atoms with Crippen LogP contribution in [-0.2, 0) is 4.74 Å². The summed E-state index contributed by atoms with van der Waals surface area (Å²) in [6, 6.07) is 4.17. The van der Waals surface area contributed by atoms with Gasteiger partial charge in [0, 0.05) is 18.7 Å². The Morgan fingerprint density at radius 2 is 1.85 bits per heavy atom. The number of ether oxygens (including phenoxy) is 1. The maximum Gasteiger partial charge on any atom is 0.177 e. The normalized spacial score (nSPS) is 19.1. The van der Waals surface area contributed by atoms with Crippen LogP contribution in [0.4, 0.5) is 0 Å². The molecule has 0 atom stereocenters. The number of nitrogens with zero attached hydrogens (tertiary/aromatic N) is 1. The van der Waals surface area contributed by atoms with Crippen LogP contribution < -0.4 is 0 Å². The molecule has 1 aromatic carbocycles. The van der Waals surface area contributed by atoms with Gasteiger partial charge in [-0.05, 0) is 45.7 Å². The van der Waals surface area contributed by atoms with Crippen LogP contribution >= 0.6 is 0 Å². The lowest BCUT2D eigenvalue weighted by Crippen LogP contribution is -2.49. The molecule has 0 unspecified atom stereocenters. The van der Waals surface area contributed by atoms with E-state index in [9.17, 15) is 4.79 Å². The SMILES string of the molecule is Cc1cc(C)c(C(=O)CN2CCOC(C)(C)C2)c(C)c1. The van der Waals surface area contributed by atoms with Crippen LogP contribution in [0.2, 0.25) is 0 Å². The number of morpholine rings is 1. The van der Waals surface area contributed by atoms with Crippen molar-refractivity contribution >= 4 is 5.78 Å². The van der Waals surface area contributed by atoms with E-state index in [1.54, 1.807) is 0 Å². The highest BCUT2D eigenvalue weighted by atomic mass is 16.5. The van der Waals surface area contributed by atoms with Crippen molar-refractivity contribution in [3.05, 3.63) is 34.4 Å². The third-order valence-electron chi connectivity index (χ3n) is 3.83. The van der Waals surface area contributed by atoms with Crippen LogP contribution in [0.5, 0.6) is 0 Å². The molecule has 0 N–H and O–H groups in total. The third kappa shape index (κ3) is 3.47. The van der Waals surface area contributed by atoms with Crippen molar-refractivity contribution in [3.8, 4) is 0 Å². The van der Waals surface area contributed by atoms with Gasteiger partial charge in [-0.2, -0.15) is 0 Å². The van der Waals surface area contributed by atoms with Crippen molar-refractivity contribution in [1.82, 2.24) is 4.90 Å². The Kier molecular flexibility index (Phi) is 4.31. The van der Waals surface area contributed by atoms with Gasteiger partial charge in [0.1, 0.15) is 0 Å². The average Bonchev–Trinajstić information content (AvgIpc) is 2.25. The molecule has 2 rings (SSSR count). The van der Waals surface area contributed by atoms with Gasteiger partial charge in [-0.3, -0.25) is 9.69 Å². The average molecular weight is 275 g/mol. The molecule has 1 saturated heterocycles. The minimum Gasteiger partial charge on any atom is -0.373 e. The first-order valence-corrected chi connectivity index (χ1v) is 7.26. The second-order valence-corrected chi connectivity index (χ2v) is 6.52. The summed E-state index contributed by atoms with van der Waals surface area (Å²) in [6.07, 6.45) is 0. The number of ketones is 1. The van der Waals surface area contributed by atoms with Crippen molar-refractivity contribution in [2.24, 2.45) is 0 Å². The van der Waals surface area contributed by atoms with Gasteiger partial charge in [0.25, 0.3) is 0 Å². The fourth-order valence-electron chi connectivity index (χ4n) is 3.15. The number of rotatable bonds is 3. The van der Waals surface area contributed by atoms with Gasteiger partial charge in [0.05, 0.1) is 18.8 Å². The number of Topliss-reactive ketones (excluding diaryl/α,β-unsaturated/α-hetero) is 1. The van der Waals surface area contributed by atoms with Crippen molar-refractivity contribution < 1.29 is 9.53 Å². The van der Waals surface area contributed by atoms with Crippen LogP contribution in [0.25, 0.3) is 0 Å². The highest BCUT2D eigenvalue weighted by molar-refractivity contribution is 6.00. The Morgan fingerprint density at radius 1 is 1.25 bits per heavy atom. The summed E-state index contributed by atoms with van der Waals surface area (Å²) < 4.78 is 5.69. The van der Waals surface area contributed by atoms with E-state index in [2.05, 4.69) is 37.8 Å². The number of hydrogen-bond donors (Lipinski definition) is 0. The number of carbonyl (C=O) groups is 1. The Morgan fingerprint density at radius 3 is 2.40 bits per heavy atom. The molecule has 1 heterocycles. The predicted molar refractivity (Wildman–Crippen MR) is 81.5 cm³/mol. The molecule has 0 radical (unpaired) electrons. The molecule has 110 valence electrons. The topological polar surface area (TPSA) is 29.5 Å². The molecule has 0 bridgehead atoms. The lowest BCUT2D eigenvalue weighted by Gasteiger charge is -2.37. The molecule has 0 aromatic heterocycles. The molecule has 3 nitrogen and oxygen atoms in total. The molecule has 20 heavy (non-hydrogen) atoms. The molecule has 3 heteroatoms. The second kappa shape index (κ2) is 5.66. The smallest absolute Gasteiger partial charge is 0.177 e. The van der Waals surface area contributed by atoms with Crippen molar-refractivity contribution in [3.63, 3.8) is 0 Å². The lowest BCUT2D eigenvalue weighted by molar-refractivity contribution is -0.0833. The number of hydrogen-bond acceptors (Lipinski definition) is 3. The molecule has 1 aromatic rings. The zero-order valence-corrected chi connectivity index (χ0v) is 13.2. The zero-order chi connectivity index (χ0) is 14.9. The molecular formula is C17H25NO2. The molecule has 0 aliphatic carbocycles. The van der Waals surface area contributed by atoms with Crippen molar-refractivity contribution in [1.29, 1.82) is 0 Å². The summed E-state index contributed by atoms with van der Waals surface area (Å²) in [5.74, 6) is 0.220. The summed E-state index contributed by atoms with van der Waals surface area (Å²) in [5, 5.41) is 0. The first kappa shape index (κ1) is 15.2. The van der Waals surface area contributed by atoms with Crippen LogP contribution in [0.15, 0.2) is 12.1 Å². The molecule has 0 spiro atoms. The summed E-state index contributed by atoms with van der Waals surface area (Å²) in [7, 11) is 0. The highest BCUT2D eigenvalue weighted by Crippen LogP contribution is 2.20. The van der Waals surface area contributed by atoms with E-state index in [1.165, 1.54) is 5.56 Å². The Balaban J connectivity index is 2.13.